The van der Waals surface area contributed by atoms with Crippen LogP contribution in [0.5, 0.6) is 0 Å². The monoisotopic (exact) mass is 724 g/mol. The molecule has 2 heteroatoms. The second kappa shape index (κ2) is 13.4. The Labute approximate surface area is 332 Å². The van der Waals surface area contributed by atoms with Crippen LogP contribution in [0.15, 0.2) is 218 Å². The minimum Gasteiger partial charge on any atom is -0.228 e. The van der Waals surface area contributed by atoms with E-state index in [4.69, 9.17) is 9.97 Å². The second-order valence-corrected chi connectivity index (χ2v) is 14.9. The average molecular weight is 725 g/mol. The molecule has 0 unspecified atom stereocenters. The highest BCUT2D eigenvalue weighted by molar-refractivity contribution is 6.05. The van der Waals surface area contributed by atoms with Crippen molar-refractivity contribution < 1.29 is 0 Å². The van der Waals surface area contributed by atoms with Crippen LogP contribution in [-0.2, 0) is 5.41 Å². The Morgan fingerprint density at radius 2 is 0.754 bits per heavy atom. The van der Waals surface area contributed by atoms with E-state index in [-0.39, 0.29) is 0 Å². The number of aromatic nitrogens is 2. The van der Waals surface area contributed by atoms with Gasteiger partial charge in [-0.3, -0.25) is 0 Å². The maximum atomic E-state index is 5.22. The van der Waals surface area contributed by atoms with E-state index in [1.165, 1.54) is 55.3 Å². The van der Waals surface area contributed by atoms with Gasteiger partial charge in [-0.15, -0.1) is 0 Å². The molecule has 0 spiro atoms. The smallest absolute Gasteiger partial charge is 0.161 e. The van der Waals surface area contributed by atoms with Gasteiger partial charge in [0.1, 0.15) is 0 Å². The molecule has 10 aromatic rings. The summed E-state index contributed by atoms with van der Waals surface area (Å²) in [6.45, 7) is 0. The van der Waals surface area contributed by atoms with Crippen molar-refractivity contribution in [3.8, 4) is 56.2 Å². The molecule has 266 valence electrons. The van der Waals surface area contributed by atoms with Gasteiger partial charge in [0.25, 0.3) is 0 Å². The van der Waals surface area contributed by atoms with Gasteiger partial charge in [0.05, 0.1) is 16.8 Å². The molecular formula is C55H36N2. The highest BCUT2D eigenvalue weighted by Gasteiger charge is 2.46. The quantitative estimate of drug-likeness (QED) is 0.171. The number of benzene rings is 9. The van der Waals surface area contributed by atoms with Gasteiger partial charge in [-0.2, -0.15) is 0 Å². The third-order valence-corrected chi connectivity index (χ3v) is 11.8. The first-order valence-corrected chi connectivity index (χ1v) is 19.6. The van der Waals surface area contributed by atoms with Gasteiger partial charge < -0.3 is 0 Å². The number of hydrogen-bond acceptors (Lipinski definition) is 2. The number of rotatable bonds is 6. The Balaban J connectivity index is 1.14. The lowest BCUT2D eigenvalue weighted by molar-refractivity contribution is 0.770. The molecular weight excluding hydrogens is 689 g/mol. The van der Waals surface area contributed by atoms with E-state index in [1.54, 1.807) is 0 Å². The third kappa shape index (κ3) is 5.33. The van der Waals surface area contributed by atoms with Crippen LogP contribution < -0.4 is 0 Å². The third-order valence-electron chi connectivity index (χ3n) is 11.8. The predicted octanol–water partition coefficient (Wildman–Crippen LogP) is 13.8. The van der Waals surface area contributed by atoms with E-state index >= 15 is 0 Å². The molecule has 1 aromatic heterocycles. The van der Waals surface area contributed by atoms with Gasteiger partial charge in [0.15, 0.2) is 5.82 Å². The molecule has 0 N–H and O–H groups in total. The average Bonchev–Trinajstić information content (AvgIpc) is 3.58. The first kappa shape index (κ1) is 33.0. The van der Waals surface area contributed by atoms with E-state index in [0.717, 1.165) is 38.9 Å². The fourth-order valence-corrected chi connectivity index (χ4v) is 9.17. The molecule has 9 aromatic carbocycles. The molecule has 0 saturated heterocycles. The first-order chi connectivity index (χ1) is 28.3. The van der Waals surface area contributed by atoms with Crippen molar-refractivity contribution in [1.82, 2.24) is 9.97 Å². The number of hydrogen-bond donors (Lipinski definition) is 0. The molecule has 0 atom stereocenters. The van der Waals surface area contributed by atoms with Crippen LogP contribution in [0.1, 0.15) is 22.3 Å². The second-order valence-electron chi connectivity index (χ2n) is 14.9. The minimum absolute atomic E-state index is 0.511. The number of nitrogens with zero attached hydrogens (tertiary/aromatic N) is 2. The van der Waals surface area contributed by atoms with Crippen molar-refractivity contribution >= 4 is 21.5 Å². The summed E-state index contributed by atoms with van der Waals surface area (Å²) >= 11 is 0. The predicted molar refractivity (Wildman–Crippen MR) is 236 cm³/mol. The molecule has 0 amide bonds. The Kier molecular flexibility index (Phi) is 7.75. The molecule has 1 heterocycles. The lowest BCUT2D eigenvalue weighted by atomic mass is 9.67. The van der Waals surface area contributed by atoms with Crippen molar-refractivity contribution in [2.45, 2.75) is 5.41 Å². The highest BCUT2D eigenvalue weighted by Crippen LogP contribution is 2.57. The molecule has 0 aliphatic heterocycles. The lowest BCUT2D eigenvalue weighted by Crippen LogP contribution is -2.28. The van der Waals surface area contributed by atoms with Crippen molar-refractivity contribution in [3.05, 3.63) is 241 Å². The van der Waals surface area contributed by atoms with Crippen LogP contribution in [0.3, 0.4) is 0 Å². The Bertz CT molecular complexity index is 3000. The molecule has 0 radical (unpaired) electrons. The molecule has 1 aliphatic carbocycles. The summed E-state index contributed by atoms with van der Waals surface area (Å²) in [5.74, 6) is 0.710. The zero-order valence-corrected chi connectivity index (χ0v) is 31.2. The molecule has 57 heavy (non-hydrogen) atoms. The van der Waals surface area contributed by atoms with Crippen molar-refractivity contribution in [2.24, 2.45) is 0 Å². The Hall–Kier alpha value is -7.42. The maximum Gasteiger partial charge on any atom is 0.161 e. The SMILES string of the molecule is c1ccc(-c2cc(-c3ccccc3)nc(-c3ccc(-c4ccc5c(c4)C(c4ccccc4)(c4ccccc4)c4cc6ccccc6cc4-5)c4ccccc34)n2)cc1. The van der Waals surface area contributed by atoms with Crippen LogP contribution in [0.2, 0.25) is 0 Å². The van der Waals surface area contributed by atoms with Crippen LogP contribution >= 0.6 is 0 Å². The first-order valence-electron chi connectivity index (χ1n) is 19.6. The Morgan fingerprint density at radius 3 is 1.35 bits per heavy atom. The largest absolute Gasteiger partial charge is 0.228 e. The summed E-state index contributed by atoms with van der Waals surface area (Å²) < 4.78 is 0. The van der Waals surface area contributed by atoms with E-state index in [0.29, 0.717) is 5.82 Å². The molecule has 0 saturated carbocycles. The molecule has 1 aliphatic rings. The zero-order valence-electron chi connectivity index (χ0n) is 31.2. The van der Waals surface area contributed by atoms with Crippen LogP contribution in [0.25, 0.3) is 77.7 Å². The summed E-state index contributed by atoms with van der Waals surface area (Å²) in [6.07, 6.45) is 0. The van der Waals surface area contributed by atoms with Crippen molar-refractivity contribution in [1.29, 1.82) is 0 Å². The summed E-state index contributed by atoms with van der Waals surface area (Å²) in [5, 5.41) is 4.78. The normalized spacial score (nSPS) is 12.7. The van der Waals surface area contributed by atoms with Crippen LogP contribution in [0, 0.1) is 0 Å². The van der Waals surface area contributed by atoms with E-state index in [1.807, 2.05) is 12.1 Å². The topological polar surface area (TPSA) is 25.8 Å². The summed E-state index contributed by atoms with van der Waals surface area (Å²) in [6, 6.07) is 78.9. The molecule has 0 bridgehead atoms. The van der Waals surface area contributed by atoms with Crippen LogP contribution in [0.4, 0.5) is 0 Å². The van der Waals surface area contributed by atoms with Crippen molar-refractivity contribution in [3.63, 3.8) is 0 Å². The van der Waals surface area contributed by atoms with Gasteiger partial charge >= 0.3 is 0 Å². The van der Waals surface area contributed by atoms with E-state index in [9.17, 15) is 0 Å². The van der Waals surface area contributed by atoms with Gasteiger partial charge in [-0.25, -0.2) is 9.97 Å². The zero-order chi connectivity index (χ0) is 37.8. The minimum atomic E-state index is -0.511. The fourth-order valence-electron chi connectivity index (χ4n) is 9.17. The van der Waals surface area contributed by atoms with Gasteiger partial charge in [0, 0.05) is 16.7 Å². The lowest BCUT2D eigenvalue weighted by Gasteiger charge is -2.34. The van der Waals surface area contributed by atoms with Crippen molar-refractivity contribution in [2.75, 3.05) is 0 Å². The summed E-state index contributed by atoms with van der Waals surface area (Å²) in [5.41, 5.74) is 14.5. The van der Waals surface area contributed by atoms with Gasteiger partial charge in [-0.1, -0.05) is 188 Å². The molecule has 2 nitrogen and oxygen atoms in total. The Morgan fingerprint density at radius 1 is 0.298 bits per heavy atom. The fraction of sp³-hybridized carbons (Fsp3) is 0.0182. The van der Waals surface area contributed by atoms with Crippen LogP contribution in [-0.4, -0.2) is 9.97 Å². The molecule has 11 rings (SSSR count). The summed E-state index contributed by atoms with van der Waals surface area (Å²) in [4.78, 5) is 10.4. The maximum absolute atomic E-state index is 5.22. The number of fused-ring (bicyclic) bond motifs is 5. The standard InChI is InChI=1S/C55H36N2/c1-5-17-37(18-6-1)52-36-53(38-19-7-2-8-20-38)57-54(56-52)48-32-31-44(45-27-15-16-28-46(45)48)41-29-30-47-49-33-39-21-13-14-22-40(39)34-51(49)55(50(47)35-41,42-23-9-3-10-24-42)43-25-11-4-12-26-43/h1-36H. The highest BCUT2D eigenvalue weighted by atomic mass is 14.9. The van der Waals surface area contributed by atoms with E-state index in [2.05, 4.69) is 206 Å². The molecule has 0 fully saturated rings. The van der Waals surface area contributed by atoms with Gasteiger partial charge in [-0.05, 0) is 96.4 Å². The van der Waals surface area contributed by atoms with Gasteiger partial charge in [0.2, 0.25) is 0 Å². The summed E-state index contributed by atoms with van der Waals surface area (Å²) in [7, 11) is 0. The van der Waals surface area contributed by atoms with E-state index < -0.39 is 5.41 Å².